The summed E-state index contributed by atoms with van der Waals surface area (Å²) in [4.78, 5) is 33.0. The molecule has 2 aliphatic rings. The average Bonchev–Trinajstić information content (AvgIpc) is 2.99. The maximum atomic E-state index is 13.8. The SMILES string of the molecule is COc1ccccc1N1CCN(c2ccc(NC(=O)Nc3ccc(Cl)cc3Cl)cc2C(=O)N2CCCCC2)CC1. The van der Waals surface area contributed by atoms with E-state index in [1.165, 1.54) is 0 Å². The number of piperidine rings is 1. The Morgan fingerprint density at radius 2 is 1.48 bits per heavy atom. The number of ether oxygens (including phenoxy) is 1. The van der Waals surface area contributed by atoms with Crippen molar-refractivity contribution in [2.75, 3.05) is 66.8 Å². The van der Waals surface area contributed by atoms with Crippen molar-refractivity contribution < 1.29 is 14.3 Å². The molecule has 2 heterocycles. The zero-order chi connectivity index (χ0) is 28.1. The van der Waals surface area contributed by atoms with Crippen LogP contribution in [0.2, 0.25) is 10.0 Å². The van der Waals surface area contributed by atoms with E-state index in [0.717, 1.165) is 75.7 Å². The largest absolute Gasteiger partial charge is 0.495 e. The molecule has 3 aromatic rings. The summed E-state index contributed by atoms with van der Waals surface area (Å²) in [6, 6.07) is 18.0. The fourth-order valence-corrected chi connectivity index (χ4v) is 5.74. The number of benzene rings is 3. The third kappa shape index (κ3) is 6.40. The summed E-state index contributed by atoms with van der Waals surface area (Å²) >= 11 is 12.2. The summed E-state index contributed by atoms with van der Waals surface area (Å²) < 4.78 is 5.56. The molecular weight excluding hydrogens is 549 g/mol. The number of carbonyl (C=O) groups excluding carboxylic acids is 2. The molecule has 0 bridgehead atoms. The van der Waals surface area contributed by atoms with E-state index in [-0.39, 0.29) is 5.91 Å². The minimum absolute atomic E-state index is 0.00772. The molecule has 0 radical (unpaired) electrons. The predicted octanol–water partition coefficient (Wildman–Crippen LogP) is 6.60. The van der Waals surface area contributed by atoms with Gasteiger partial charge in [0.25, 0.3) is 5.91 Å². The normalized spacial score (nSPS) is 15.5. The number of likely N-dealkylation sites (tertiary alicyclic amines) is 1. The van der Waals surface area contributed by atoms with E-state index in [1.54, 1.807) is 31.4 Å². The molecule has 2 fully saturated rings. The number of hydrogen-bond acceptors (Lipinski definition) is 5. The summed E-state index contributed by atoms with van der Waals surface area (Å²) in [6.45, 7) is 4.57. The van der Waals surface area contributed by atoms with Crippen molar-refractivity contribution in [2.45, 2.75) is 19.3 Å². The van der Waals surface area contributed by atoms with Gasteiger partial charge in [0.05, 0.1) is 29.1 Å². The Hall–Kier alpha value is -3.62. The van der Waals surface area contributed by atoms with Crippen LogP contribution < -0.4 is 25.2 Å². The fourth-order valence-electron chi connectivity index (χ4n) is 5.28. The van der Waals surface area contributed by atoms with Gasteiger partial charge in [-0.3, -0.25) is 4.79 Å². The van der Waals surface area contributed by atoms with Crippen molar-refractivity contribution in [3.05, 3.63) is 76.3 Å². The average molecular weight is 583 g/mol. The van der Waals surface area contributed by atoms with E-state index in [2.05, 4.69) is 26.5 Å². The van der Waals surface area contributed by atoms with Crippen LogP contribution in [0, 0.1) is 0 Å². The molecule has 0 unspecified atom stereocenters. The highest BCUT2D eigenvalue weighted by Gasteiger charge is 2.26. The van der Waals surface area contributed by atoms with Gasteiger partial charge in [0.2, 0.25) is 0 Å². The first-order valence-electron chi connectivity index (χ1n) is 13.5. The molecule has 3 aromatic carbocycles. The van der Waals surface area contributed by atoms with Crippen molar-refractivity contribution in [2.24, 2.45) is 0 Å². The highest BCUT2D eigenvalue weighted by Crippen LogP contribution is 2.32. The first-order valence-corrected chi connectivity index (χ1v) is 14.3. The lowest BCUT2D eigenvalue weighted by Crippen LogP contribution is -2.47. The summed E-state index contributed by atoms with van der Waals surface area (Å²) in [5, 5.41) is 6.41. The van der Waals surface area contributed by atoms with Gasteiger partial charge in [-0.25, -0.2) is 4.79 Å². The van der Waals surface area contributed by atoms with Crippen molar-refractivity contribution in [1.29, 1.82) is 0 Å². The Balaban J connectivity index is 1.35. The molecule has 2 N–H and O–H groups in total. The molecule has 210 valence electrons. The summed E-state index contributed by atoms with van der Waals surface area (Å²) in [6.07, 6.45) is 3.14. The first-order chi connectivity index (χ1) is 19.4. The highest BCUT2D eigenvalue weighted by molar-refractivity contribution is 6.36. The minimum Gasteiger partial charge on any atom is -0.495 e. The number of para-hydroxylation sites is 2. The van der Waals surface area contributed by atoms with Crippen LogP contribution in [0.3, 0.4) is 0 Å². The lowest BCUT2D eigenvalue weighted by atomic mass is 10.1. The number of halogens is 2. The van der Waals surface area contributed by atoms with E-state index in [0.29, 0.717) is 27.0 Å². The van der Waals surface area contributed by atoms with Gasteiger partial charge in [0, 0.05) is 55.7 Å². The molecule has 10 heteroatoms. The van der Waals surface area contributed by atoms with E-state index in [1.807, 2.05) is 35.2 Å². The number of rotatable bonds is 6. The molecule has 0 spiro atoms. The number of nitrogens with zero attached hydrogens (tertiary/aromatic N) is 3. The molecule has 0 saturated carbocycles. The van der Waals surface area contributed by atoms with Gasteiger partial charge in [-0.2, -0.15) is 0 Å². The third-order valence-corrected chi connectivity index (χ3v) is 7.90. The third-order valence-electron chi connectivity index (χ3n) is 7.35. The lowest BCUT2D eigenvalue weighted by Gasteiger charge is -2.39. The van der Waals surface area contributed by atoms with Gasteiger partial charge < -0.3 is 30.1 Å². The van der Waals surface area contributed by atoms with Crippen LogP contribution in [0.15, 0.2) is 60.7 Å². The van der Waals surface area contributed by atoms with Crippen molar-refractivity contribution in [1.82, 2.24) is 4.90 Å². The zero-order valence-corrected chi connectivity index (χ0v) is 24.0. The minimum atomic E-state index is -0.459. The second-order valence-corrected chi connectivity index (χ2v) is 10.8. The zero-order valence-electron chi connectivity index (χ0n) is 22.5. The van der Waals surface area contributed by atoms with Gasteiger partial charge in [-0.1, -0.05) is 35.3 Å². The van der Waals surface area contributed by atoms with Crippen molar-refractivity contribution in [3.8, 4) is 5.75 Å². The summed E-state index contributed by atoms with van der Waals surface area (Å²) in [5.74, 6) is 0.845. The van der Waals surface area contributed by atoms with Crippen LogP contribution in [-0.2, 0) is 0 Å². The molecule has 5 rings (SSSR count). The van der Waals surface area contributed by atoms with Crippen LogP contribution in [0.25, 0.3) is 0 Å². The molecule has 3 amide bonds. The van der Waals surface area contributed by atoms with Gasteiger partial charge in [0.1, 0.15) is 5.75 Å². The number of carbonyl (C=O) groups is 2. The Labute approximate surface area is 244 Å². The number of methoxy groups -OCH3 is 1. The number of anilines is 4. The molecule has 0 aliphatic carbocycles. The Kier molecular flexibility index (Phi) is 8.87. The molecule has 40 heavy (non-hydrogen) atoms. The molecule has 8 nitrogen and oxygen atoms in total. The monoisotopic (exact) mass is 581 g/mol. The van der Waals surface area contributed by atoms with E-state index in [9.17, 15) is 9.59 Å². The van der Waals surface area contributed by atoms with Gasteiger partial charge in [-0.05, 0) is 67.8 Å². The second kappa shape index (κ2) is 12.7. The number of urea groups is 1. The van der Waals surface area contributed by atoms with Crippen molar-refractivity contribution >= 4 is 57.9 Å². The second-order valence-electron chi connectivity index (χ2n) is 9.93. The predicted molar refractivity (Wildman–Crippen MR) is 163 cm³/mol. The van der Waals surface area contributed by atoms with Crippen LogP contribution in [0.4, 0.5) is 27.5 Å². The molecular formula is C30H33Cl2N5O3. The maximum absolute atomic E-state index is 13.8. The van der Waals surface area contributed by atoms with E-state index in [4.69, 9.17) is 27.9 Å². The van der Waals surface area contributed by atoms with E-state index < -0.39 is 6.03 Å². The van der Waals surface area contributed by atoms with Crippen LogP contribution >= 0.6 is 23.2 Å². The van der Waals surface area contributed by atoms with Gasteiger partial charge in [-0.15, -0.1) is 0 Å². The topological polar surface area (TPSA) is 77.1 Å². The number of piperazine rings is 1. The standard InChI is InChI=1S/C30H33Cl2N5O3/c1-40-28-8-4-3-7-27(28)36-17-15-35(16-18-36)26-12-10-22(20-23(26)29(38)37-13-5-2-6-14-37)33-30(39)34-25-11-9-21(31)19-24(25)32/h3-4,7-12,19-20H,2,5-6,13-18H2,1H3,(H2,33,34,39). The van der Waals surface area contributed by atoms with Crippen LogP contribution in [0.1, 0.15) is 29.6 Å². The number of amides is 3. The van der Waals surface area contributed by atoms with Crippen LogP contribution in [0.5, 0.6) is 5.75 Å². The smallest absolute Gasteiger partial charge is 0.323 e. The maximum Gasteiger partial charge on any atom is 0.323 e. The molecule has 2 saturated heterocycles. The Bertz CT molecular complexity index is 1370. The molecule has 0 aromatic heterocycles. The van der Waals surface area contributed by atoms with Crippen LogP contribution in [-0.4, -0.2) is 63.2 Å². The summed E-state index contributed by atoms with van der Waals surface area (Å²) in [7, 11) is 1.69. The number of hydrogen-bond donors (Lipinski definition) is 2. The highest BCUT2D eigenvalue weighted by atomic mass is 35.5. The van der Waals surface area contributed by atoms with E-state index >= 15 is 0 Å². The van der Waals surface area contributed by atoms with Gasteiger partial charge in [0.15, 0.2) is 0 Å². The summed E-state index contributed by atoms with van der Waals surface area (Å²) in [5.41, 5.74) is 3.51. The number of nitrogens with one attached hydrogen (secondary N) is 2. The van der Waals surface area contributed by atoms with Crippen molar-refractivity contribution in [3.63, 3.8) is 0 Å². The first kappa shape index (κ1) is 27.9. The molecule has 2 aliphatic heterocycles. The quantitative estimate of drug-likeness (QED) is 0.343. The Morgan fingerprint density at radius 3 is 2.17 bits per heavy atom. The lowest BCUT2D eigenvalue weighted by molar-refractivity contribution is 0.0725. The Morgan fingerprint density at radius 1 is 0.775 bits per heavy atom. The fraction of sp³-hybridized carbons (Fsp3) is 0.333. The van der Waals surface area contributed by atoms with Gasteiger partial charge >= 0.3 is 6.03 Å². The molecule has 0 atom stereocenters.